The topological polar surface area (TPSA) is 32.5 Å². The SMILES string of the molecule is CCCCCN1CCCN(CCCCN)CC1. The first kappa shape index (κ1) is 14.9. The molecule has 0 aromatic heterocycles. The summed E-state index contributed by atoms with van der Waals surface area (Å²) in [5.41, 5.74) is 5.54. The fourth-order valence-corrected chi connectivity index (χ4v) is 2.54. The van der Waals surface area contributed by atoms with Gasteiger partial charge < -0.3 is 15.5 Å². The van der Waals surface area contributed by atoms with Crippen molar-refractivity contribution in [3.8, 4) is 0 Å². The lowest BCUT2D eigenvalue weighted by molar-refractivity contribution is 0.251. The fourth-order valence-electron chi connectivity index (χ4n) is 2.54. The largest absolute Gasteiger partial charge is 0.330 e. The van der Waals surface area contributed by atoms with Crippen molar-refractivity contribution in [2.45, 2.75) is 45.4 Å². The van der Waals surface area contributed by atoms with E-state index in [4.69, 9.17) is 5.73 Å². The van der Waals surface area contributed by atoms with Crippen LogP contribution in [0.25, 0.3) is 0 Å². The first-order chi connectivity index (χ1) is 8.36. The highest BCUT2D eigenvalue weighted by Crippen LogP contribution is 2.06. The number of hydrogen-bond donors (Lipinski definition) is 1. The molecule has 1 rings (SSSR count). The van der Waals surface area contributed by atoms with E-state index < -0.39 is 0 Å². The highest BCUT2D eigenvalue weighted by atomic mass is 15.2. The van der Waals surface area contributed by atoms with Crippen LogP contribution in [-0.2, 0) is 0 Å². The molecule has 0 unspecified atom stereocenters. The molecule has 3 heteroatoms. The zero-order chi connectivity index (χ0) is 12.3. The summed E-state index contributed by atoms with van der Waals surface area (Å²) in [5.74, 6) is 0. The van der Waals surface area contributed by atoms with Crippen LogP contribution in [0.15, 0.2) is 0 Å². The van der Waals surface area contributed by atoms with Crippen LogP contribution in [0.3, 0.4) is 0 Å². The summed E-state index contributed by atoms with van der Waals surface area (Å²) in [5, 5.41) is 0. The molecule has 3 nitrogen and oxygen atoms in total. The van der Waals surface area contributed by atoms with Crippen LogP contribution >= 0.6 is 0 Å². The van der Waals surface area contributed by atoms with Crippen molar-refractivity contribution >= 4 is 0 Å². The van der Waals surface area contributed by atoms with Crippen molar-refractivity contribution in [1.82, 2.24) is 9.80 Å². The maximum atomic E-state index is 5.54. The van der Waals surface area contributed by atoms with E-state index in [9.17, 15) is 0 Å². The van der Waals surface area contributed by atoms with Crippen molar-refractivity contribution in [1.29, 1.82) is 0 Å². The Kier molecular flexibility index (Phi) is 8.67. The van der Waals surface area contributed by atoms with Crippen LogP contribution in [-0.4, -0.2) is 55.6 Å². The molecule has 0 saturated carbocycles. The first-order valence-electron chi connectivity index (χ1n) is 7.51. The lowest BCUT2D eigenvalue weighted by Crippen LogP contribution is -2.32. The van der Waals surface area contributed by atoms with Crippen LogP contribution in [0.1, 0.15) is 45.4 Å². The van der Waals surface area contributed by atoms with Gasteiger partial charge in [0.25, 0.3) is 0 Å². The van der Waals surface area contributed by atoms with Gasteiger partial charge in [-0.05, 0) is 58.4 Å². The van der Waals surface area contributed by atoms with Gasteiger partial charge in [0.2, 0.25) is 0 Å². The molecule has 0 aromatic rings. The number of nitrogens with zero attached hydrogens (tertiary/aromatic N) is 2. The van der Waals surface area contributed by atoms with Gasteiger partial charge in [0.1, 0.15) is 0 Å². The number of hydrogen-bond acceptors (Lipinski definition) is 3. The predicted molar refractivity (Wildman–Crippen MR) is 75.3 cm³/mol. The third-order valence-electron chi connectivity index (χ3n) is 3.69. The van der Waals surface area contributed by atoms with Gasteiger partial charge in [0.15, 0.2) is 0 Å². The van der Waals surface area contributed by atoms with E-state index >= 15 is 0 Å². The first-order valence-corrected chi connectivity index (χ1v) is 7.51. The zero-order valence-electron chi connectivity index (χ0n) is 11.7. The maximum absolute atomic E-state index is 5.54. The van der Waals surface area contributed by atoms with Crippen molar-refractivity contribution < 1.29 is 0 Å². The molecule has 102 valence electrons. The van der Waals surface area contributed by atoms with Crippen molar-refractivity contribution in [2.75, 3.05) is 45.8 Å². The van der Waals surface area contributed by atoms with E-state index in [1.807, 2.05) is 0 Å². The second-order valence-electron chi connectivity index (χ2n) is 5.24. The van der Waals surface area contributed by atoms with Crippen molar-refractivity contribution in [3.05, 3.63) is 0 Å². The van der Waals surface area contributed by atoms with E-state index in [1.54, 1.807) is 0 Å². The molecule has 1 heterocycles. The average Bonchev–Trinajstić information content (AvgIpc) is 2.56. The Bertz CT molecular complexity index is 155. The van der Waals surface area contributed by atoms with E-state index in [2.05, 4.69) is 16.7 Å². The minimum Gasteiger partial charge on any atom is -0.330 e. The minimum absolute atomic E-state index is 0.844. The Hall–Kier alpha value is -0.120. The van der Waals surface area contributed by atoms with Gasteiger partial charge >= 0.3 is 0 Å². The van der Waals surface area contributed by atoms with E-state index in [0.29, 0.717) is 0 Å². The Balaban J connectivity index is 2.11. The Morgan fingerprint density at radius 1 is 0.824 bits per heavy atom. The average molecular weight is 241 g/mol. The molecule has 17 heavy (non-hydrogen) atoms. The molecule has 0 radical (unpaired) electrons. The predicted octanol–water partition coefficient (Wildman–Crippen LogP) is 1.92. The van der Waals surface area contributed by atoms with Crippen LogP contribution in [0.5, 0.6) is 0 Å². The van der Waals surface area contributed by atoms with Crippen LogP contribution in [0, 0.1) is 0 Å². The number of unbranched alkanes of at least 4 members (excludes halogenated alkanes) is 3. The second kappa shape index (κ2) is 9.86. The van der Waals surface area contributed by atoms with Gasteiger partial charge in [0.05, 0.1) is 0 Å². The molecule has 1 saturated heterocycles. The molecule has 0 aromatic carbocycles. The summed E-state index contributed by atoms with van der Waals surface area (Å²) >= 11 is 0. The summed E-state index contributed by atoms with van der Waals surface area (Å²) in [6.45, 7) is 10.8. The fraction of sp³-hybridized carbons (Fsp3) is 1.00. The Morgan fingerprint density at radius 2 is 1.41 bits per heavy atom. The van der Waals surface area contributed by atoms with E-state index in [1.165, 1.54) is 77.8 Å². The zero-order valence-corrected chi connectivity index (χ0v) is 11.7. The lowest BCUT2D eigenvalue weighted by Gasteiger charge is -2.21. The van der Waals surface area contributed by atoms with Gasteiger partial charge in [0, 0.05) is 13.1 Å². The smallest absolute Gasteiger partial charge is 0.0109 e. The molecular formula is C14H31N3. The van der Waals surface area contributed by atoms with Gasteiger partial charge in [-0.3, -0.25) is 0 Å². The van der Waals surface area contributed by atoms with E-state index in [0.717, 1.165) is 6.54 Å². The molecule has 0 spiro atoms. The second-order valence-corrected chi connectivity index (χ2v) is 5.24. The molecule has 1 aliphatic heterocycles. The third-order valence-corrected chi connectivity index (χ3v) is 3.69. The summed E-state index contributed by atoms with van der Waals surface area (Å²) in [4.78, 5) is 5.27. The van der Waals surface area contributed by atoms with Gasteiger partial charge in [-0.25, -0.2) is 0 Å². The van der Waals surface area contributed by atoms with Crippen molar-refractivity contribution in [2.24, 2.45) is 5.73 Å². The van der Waals surface area contributed by atoms with Crippen LogP contribution < -0.4 is 5.73 Å². The molecule has 2 N–H and O–H groups in total. The molecule has 0 bridgehead atoms. The Labute approximate surface area is 107 Å². The van der Waals surface area contributed by atoms with Gasteiger partial charge in [-0.1, -0.05) is 19.8 Å². The number of rotatable bonds is 8. The van der Waals surface area contributed by atoms with Gasteiger partial charge in [-0.15, -0.1) is 0 Å². The standard InChI is InChI=1S/C14H31N3/c1-2-3-5-9-16-11-7-12-17(14-13-16)10-6-4-8-15/h2-15H2,1H3. The third kappa shape index (κ3) is 7.02. The molecule has 0 amide bonds. The minimum atomic E-state index is 0.844. The normalized spacial score (nSPS) is 19.4. The monoisotopic (exact) mass is 241 g/mol. The highest BCUT2D eigenvalue weighted by molar-refractivity contribution is 4.69. The maximum Gasteiger partial charge on any atom is 0.0109 e. The highest BCUT2D eigenvalue weighted by Gasteiger charge is 2.13. The van der Waals surface area contributed by atoms with E-state index in [-0.39, 0.29) is 0 Å². The summed E-state index contributed by atoms with van der Waals surface area (Å²) in [7, 11) is 0. The van der Waals surface area contributed by atoms with Crippen molar-refractivity contribution in [3.63, 3.8) is 0 Å². The van der Waals surface area contributed by atoms with Gasteiger partial charge in [-0.2, -0.15) is 0 Å². The van der Waals surface area contributed by atoms with Crippen LogP contribution in [0.4, 0.5) is 0 Å². The quantitative estimate of drug-likeness (QED) is 0.659. The molecule has 1 fully saturated rings. The summed E-state index contributed by atoms with van der Waals surface area (Å²) < 4.78 is 0. The lowest BCUT2D eigenvalue weighted by atomic mass is 10.2. The molecule has 1 aliphatic rings. The molecule has 0 atom stereocenters. The molecular weight excluding hydrogens is 210 g/mol. The Morgan fingerprint density at radius 3 is 1.94 bits per heavy atom. The summed E-state index contributed by atoms with van der Waals surface area (Å²) in [6.07, 6.45) is 7.89. The summed E-state index contributed by atoms with van der Waals surface area (Å²) in [6, 6.07) is 0. The molecule has 0 aliphatic carbocycles. The number of nitrogens with two attached hydrogens (primary N) is 1. The van der Waals surface area contributed by atoms with Crippen LogP contribution in [0.2, 0.25) is 0 Å².